The molecule has 0 aliphatic carbocycles. The van der Waals surface area contributed by atoms with Crippen LogP contribution in [0.3, 0.4) is 0 Å². The fourth-order valence-electron chi connectivity index (χ4n) is 1.77. The summed E-state index contributed by atoms with van der Waals surface area (Å²) in [4.78, 5) is 60.1. The highest BCUT2D eigenvalue weighted by Crippen LogP contribution is 1.96. The number of carboxylic acids is 1. The zero-order valence-electron chi connectivity index (χ0n) is 14.5. The third-order valence-corrected chi connectivity index (χ3v) is 3.06. The van der Waals surface area contributed by atoms with Crippen molar-refractivity contribution in [3.63, 3.8) is 0 Å². The number of guanidine groups is 1. The van der Waals surface area contributed by atoms with Crippen LogP contribution in [0.2, 0.25) is 0 Å². The number of carboxylic acid groups (broad SMARTS) is 1. The zero-order chi connectivity index (χ0) is 20.8. The minimum absolute atomic E-state index is 0.0870. The standard InChI is InChI=1S/C14H24N6O7/c15-14(16)17-3-1-2-8(6-21)19-11(24)4-10(23)18-5-12(25)20-9(7-22)13(26)27/h6,8-9,22H,1-5,7H2,(H,18,23)(H,19,24)(H,20,25)(H,26,27)(H4,15,16,17). The summed E-state index contributed by atoms with van der Waals surface area (Å²) in [6.07, 6.45) is 0.588. The molecule has 2 unspecified atom stereocenters. The molecule has 0 bridgehead atoms. The van der Waals surface area contributed by atoms with Gasteiger partial charge in [0.15, 0.2) is 5.96 Å². The molecule has 0 radical (unpaired) electrons. The molecule has 2 atom stereocenters. The lowest BCUT2D eigenvalue weighted by atomic mass is 10.1. The van der Waals surface area contributed by atoms with E-state index in [0.29, 0.717) is 12.7 Å². The first-order chi connectivity index (χ1) is 12.7. The zero-order valence-corrected chi connectivity index (χ0v) is 14.5. The molecular weight excluding hydrogens is 364 g/mol. The van der Waals surface area contributed by atoms with Gasteiger partial charge in [0.2, 0.25) is 17.7 Å². The van der Waals surface area contributed by atoms with Crippen LogP contribution in [0.5, 0.6) is 0 Å². The summed E-state index contributed by atoms with van der Waals surface area (Å²) >= 11 is 0. The maximum absolute atomic E-state index is 11.7. The average molecular weight is 388 g/mol. The van der Waals surface area contributed by atoms with Gasteiger partial charge in [0.1, 0.15) is 18.7 Å². The van der Waals surface area contributed by atoms with Crippen LogP contribution in [0.1, 0.15) is 19.3 Å². The average Bonchev–Trinajstić information content (AvgIpc) is 2.59. The van der Waals surface area contributed by atoms with Crippen LogP contribution in [-0.2, 0) is 24.0 Å². The summed E-state index contributed by atoms with van der Waals surface area (Å²) in [7, 11) is 0. The molecule has 0 heterocycles. The molecule has 13 heteroatoms. The Bertz CT molecular complexity index is 576. The van der Waals surface area contributed by atoms with Gasteiger partial charge in [-0.05, 0) is 12.8 Å². The molecule has 9 N–H and O–H groups in total. The van der Waals surface area contributed by atoms with E-state index in [0.717, 1.165) is 0 Å². The largest absolute Gasteiger partial charge is 0.480 e. The molecule has 27 heavy (non-hydrogen) atoms. The maximum Gasteiger partial charge on any atom is 0.328 e. The van der Waals surface area contributed by atoms with E-state index in [1.54, 1.807) is 0 Å². The highest BCUT2D eigenvalue weighted by atomic mass is 16.4. The summed E-state index contributed by atoms with van der Waals surface area (Å²) < 4.78 is 0. The van der Waals surface area contributed by atoms with Crippen LogP contribution < -0.4 is 27.4 Å². The van der Waals surface area contributed by atoms with Gasteiger partial charge in [-0.1, -0.05) is 0 Å². The lowest BCUT2D eigenvalue weighted by molar-refractivity contribution is -0.142. The third-order valence-electron chi connectivity index (χ3n) is 3.06. The van der Waals surface area contributed by atoms with Crippen molar-refractivity contribution < 1.29 is 34.2 Å². The molecule has 0 saturated heterocycles. The van der Waals surface area contributed by atoms with Gasteiger partial charge in [0.05, 0.1) is 19.2 Å². The molecule has 13 nitrogen and oxygen atoms in total. The van der Waals surface area contributed by atoms with E-state index in [-0.39, 0.29) is 18.9 Å². The number of nitrogens with two attached hydrogens (primary N) is 2. The van der Waals surface area contributed by atoms with E-state index in [1.165, 1.54) is 0 Å². The lowest BCUT2D eigenvalue weighted by Crippen LogP contribution is -2.47. The van der Waals surface area contributed by atoms with E-state index >= 15 is 0 Å². The molecular formula is C14H24N6O7. The first-order valence-electron chi connectivity index (χ1n) is 7.89. The number of hydrogen-bond donors (Lipinski definition) is 7. The second-order valence-corrected chi connectivity index (χ2v) is 5.35. The van der Waals surface area contributed by atoms with E-state index in [9.17, 15) is 24.0 Å². The van der Waals surface area contributed by atoms with Gasteiger partial charge in [-0.3, -0.25) is 19.4 Å². The molecule has 0 aliphatic rings. The molecule has 0 aliphatic heterocycles. The number of nitrogens with zero attached hydrogens (tertiary/aromatic N) is 1. The van der Waals surface area contributed by atoms with Gasteiger partial charge in [-0.2, -0.15) is 0 Å². The molecule has 0 aromatic heterocycles. The smallest absolute Gasteiger partial charge is 0.328 e. The van der Waals surface area contributed by atoms with Crippen molar-refractivity contribution in [2.75, 3.05) is 19.7 Å². The van der Waals surface area contributed by atoms with Crippen molar-refractivity contribution in [2.24, 2.45) is 16.5 Å². The molecule has 152 valence electrons. The number of hydrogen-bond acceptors (Lipinski definition) is 7. The number of aliphatic hydroxyl groups is 1. The summed E-state index contributed by atoms with van der Waals surface area (Å²) in [5.41, 5.74) is 10.3. The van der Waals surface area contributed by atoms with Crippen LogP contribution in [0.4, 0.5) is 0 Å². The van der Waals surface area contributed by atoms with Gasteiger partial charge in [-0.25, -0.2) is 4.79 Å². The molecule has 0 aromatic carbocycles. The molecule has 0 spiro atoms. The summed E-state index contributed by atoms with van der Waals surface area (Å²) in [5, 5.41) is 23.9. The van der Waals surface area contributed by atoms with E-state index in [4.69, 9.17) is 21.7 Å². The molecule has 0 rings (SSSR count). The van der Waals surface area contributed by atoms with Crippen molar-refractivity contribution in [1.82, 2.24) is 16.0 Å². The normalized spacial score (nSPS) is 12.2. The van der Waals surface area contributed by atoms with E-state index in [2.05, 4.69) is 15.6 Å². The highest BCUT2D eigenvalue weighted by Gasteiger charge is 2.19. The van der Waals surface area contributed by atoms with Crippen molar-refractivity contribution in [2.45, 2.75) is 31.3 Å². The van der Waals surface area contributed by atoms with Gasteiger partial charge in [0.25, 0.3) is 0 Å². The number of carbonyl (C=O) groups excluding carboxylic acids is 4. The number of carbonyl (C=O) groups is 5. The molecule has 0 saturated carbocycles. The fourth-order valence-corrected chi connectivity index (χ4v) is 1.77. The van der Waals surface area contributed by atoms with Gasteiger partial charge < -0.3 is 42.4 Å². The monoisotopic (exact) mass is 388 g/mol. The fraction of sp³-hybridized carbons (Fsp3) is 0.571. The van der Waals surface area contributed by atoms with Crippen LogP contribution in [0, 0.1) is 0 Å². The number of aliphatic hydroxyl groups excluding tert-OH is 1. The highest BCUT2D eigenvalue weighted by molar-refractivity contribution is 5.99. The Morgan fingerprint density at radius 2 is 1.74 bits per heavy atom. The van der Waals surface area contributed by atoms with Gasteiger partial charge in [0, 0.05) is 6.54 Å². The summed E-state index contributed by atoms with van der Waals surface area (Å²) in [6, 6.07) is -2.31. The Kier molecular flexibility index (Phi) is 11.5. The van der Waals surface area contributed by atoms with Crippen LogP contribution in [0.25, 0.3) is 0 Å². The number of aliphatic imine (C=N–C) groups is 1. The van der Waals surface area contributed by atoms with Gasteiger partial charge in [-0.15, -0.1) is 0 Å². The van der Waals surface area contributed by atoms with Crippen molar-refractivity contribution >= 4 is 35.9 Å². The SMILES string of the molecule is NC(N)=NCCCC(C=O)NC(=O)CC(=O)NCC(=O)NC(CO)C(=O)O. The second kappa shape index (κ2) is 13.0. The minimum Gasteiger partial charge on any atom is -0.480 e. The van der Waals surface area contributed by atoms with Crippen molar-refractivity contribution in [3.8, 4) is 0 Å². The molecule has 0 fully saturated rings. The van der Waals surface area contributed by atoms with E-state index < -0.39 is 55.3 Å². The van der Waals surface area contributed by atoms with Crippen molar-refractivity contribution in [3.05, 3.63) is 0 Å². The molecule has 3 amide bonds. The van der Waals surface area contributed by atoms with Gasteiger partial charge >= 0.3 is 5.97 Å². The molecule has 0 aromatic rings. The number of aldehydes is 1. The Labute approximate surface area is 154 Å². The maximum atomic E-state index is 11.7. The Balaban J connectivity index is 4.20. The van der Waals surface area contributed by atoms with Crippen LogP contribution >= 0.6 is 0 Å². The number of amides is 3. The predicted molar refractivity (Wildman–Crippen MR) is 92.2 cm³/mol. The third kappa shape index (κ3) is 11.9. The van der Waals surface area contributed by atoms with Crippen molar-refractivity contribution in [1.29, 1.82) is 0 Å². The first-order valence-corrected chi connectivity index (χ1v) is 7.89. The second-order valence-electron chi connectivity index (χ2n) is 5.35. The minimum atomic E-state index is -1.50. The number of aliphatic carboxylic acids is 1. The number of nitrogens with one attached hydrogen (secondary N) is 3. The first kappa shape index (κ1) is 23.8. The predicted octanol–water partition coefficient (Wildman–Crippen LogP) is -4.21. The van der Waals surface area contributed by atoms with Crippen LogP contribution in [-0.4, -0.2) is 77.9 Å². The topological polar surface area (TPSA) is 226 Å². The number of rotatable bonds is 13. The summed E-state index contributed by atoms with van der Waals surface area (Å²) in [5.74, 6) is -3.91. The quantitative estimate of drug-likeness (QED) is 0.0532. The lowest BCUT2D eigenvalue weighted by Gasteiger charge is -2.13. The Hall–Kier alpha value is -3.22. The summed E-state index contributed by atoms with van der Waals surface area (Å²) in [6.45, 7) is -1.11. The Morgan fingerprint density at radius 3 is 2.26 bits per heavy atom. The van der Waals surface area contributed by atoms with Crippen LogP contribution in [0.15, 0.2) is 4.99 Å². The Morgan fingerprint density at radius 1 is 1.07 bits per heavy atom. The van der Waals surface area contributed by atoms with E-state index in [1.807, 2.05) is 5.32 Å².